The van der Waals surface area contributed by atoms with Gasteiger partial charge < -0.3 is 23.5 Å². The molecule has 5 nitrogen and oxygen atoms in total. The van der Waals surface area contributed by atoms with Crippen LogP contribution in [0, 0.1) is 0 Å². The number of rotatable bonds is 14. The standard InChI is InChI=1S/C29H38O5Si/c1-4-32-35(33-5-2,34-6-3)19-13-18-26-28(30)22-25(20-23-14-9-7-10-15-23)27(29(26)31)21-24-16-11-8-12-17-24/h7-12,14-17,22,30-31H,4-6,13,18-21H2,1-3H3. The minimum Gasteiger partial charge on any atom is -0.508 e. The predicted molar refractivity (Wildman–Crippen MR) is 142 cm³/mol. The van der Waals surface area contributed by atoms with Crippen molar-refractivity contribution in [1.29, 1.82) is 0 Å². The zero-order chi connectivity index (χ0) is 25.1. The molecule has 2 N–H and O–H groups in total. The summed E-state index contributed by atoms with van der Waals surface area (Å²) in [5.41, 5.74) is 4.61. The van der Waals surface area contributed by atoms with Gasteiger partial charge in [0.25, 0.3) is 0 Å². The molecular formula is C29H38O5Si. The van der Waals surface area contributed by atoms with E-state index in [0.717, 1.165) is 22.3 Å². The lowest BCUT2D eigenvalue weighted by Gasteiger charge is -2.28. The Labute approximate surface area is 210 Å². The average Bonchev–Trinajstić information content (AvgIpc) is 2.85. The van der Waals surface area contributed by atoms with Crippen molar-refractivity contribution >= 4 is 8.80 Å². The predicted octanol–water partition coefficient (Wildman–Crippen LogP) is 6.26. The van der Waals surface area contributed by atoms with Crippen LogP contribution in [-0.2, 0) is 32.5 Å². The summed E-state index contributed by atoms with van der Waals surface area (Å²) in [7, 11) is -2.78. The van der Waals surface area contributed by atoms with E-state index in [1.54, 1.807) is 0 Å². The first-order valence-corrected chi connectivity index (χ1v) is 14.5. The van der Waals surface area contributed by atoms with Gasteiger partial charge in [0.2, 0.25) is 0 Å². The quantitative estimate of drug-likeness (QED) is 0.259. The highest BCUT2D eigenvalue weighted by molar-refractivity contribution is 6.60. The van der Waals surface area contributed by atoms with E-state index in [-0.39, 0.29) is 11.5 Å². The van der Waals surface area contributed by atoms with Gasteiger partial charge in [-0.2, -0.15) is 0 Å². The third-order valence-electron chi connectivity index (χ3n) is 6.04. The minimum atomic E-state index is -2.78. The highest BCUT2D eigenvalue weighted by Crippen LogP contribution is 2.37. The summed E-state index contributed by atoms with van der Waals surface area (Å²) in [6.07, 6.45) is 2.42. The van der Waals surface area contributed by atoms with Crippen LogP contribution in [0.1, 0.15) is 55.0 Å². The molecule has 3 aromatic carbocycles. The molecule has 0 fully saturated rings. The second-order valence-corrected chi connectivity index (χ2v) is 11.3. The topological polar surface area (TPSA) is 68.2 Å². The number of phenolic OH excluding ortho intramolecular Hbond substituents is 2. The highest BCUT2D eigenvalue weighted by Gasteiger charge is 2.39. The molecule has 0 saturated carbocycles. The van der Waals surface area contributed by atoms with E-state index < -0.39 is 8.80 Å². The van der Waals surface area contributed by atoms with Crippen LogP contribution in [-0.4, -0.2) is 38.8 Å². The van der Waals surface area contributed by atoms with Crippen LogP contribution in [0.5, 0.6) is 11.5 Å². The molecule has 0 spiro atoms. The number of benzene rings is 3. The molecule has 0 amide bonds. The Bertz CT molecular complexity index is 1020. The normalized spacial score (nSPS) is 11.6. The largest absolute Gasteiger partial charge is 0.508 e. The molecule has 0 radical (unpaired) electrons. The molecule has 3 aromatic rings. The van der Waals surface area contributed by atoms with Gasteiger partial charge in [-0.25, -0.2) is 0 Å². The Morgan fingerprint density at radius 1 is 0.686 bits per heavy atom. The van der Waals surface area contributed by atoms with Gasteiger partial charge in [0, 0.05) is 43.4 Å². The van der Waals surface area contributed by atoms with Crippen molar-refractivity contribution in [2.75, 3.05) is 19.8 Å². The van der Waals surface area contributed by atoms with Crippen LogP contribution in [0.25, 0.3) is 0 Å². The molecule has 188 valence electrons. The van der Waals surface area contributed by atoms with Crippen LogP contribution < -0.4 is 0 Å². The summed E-state index contributed by atoms with van der Waals surface area (Å²) < 4.78 is 17.9. The lowest BCUT2D eigenvalue weighted by atomic mass is 9.90. The van der Waals surface area contributed by atoms with Crippen molar-refractivity contribution in [3.05, 3.63) is 94.5 Å². The molecule has 0 unspecified atom stereocenters. The fourth-order valence-corrected chi connectivity index (χ4v) is 7.11. The Balaban J connectivity index is 1.89. The zero-order valence-electron chi connectivity index (χ0n) is 21.1. The minimum absolute atomic E-state index is 0.127. The van der Waals surface area contributed by atoms with Crippen molar-refractivity contribution in [1.82, 2.24) is 0 Å². The smallest absolute Gasteiger partial charge is 0.500 e. The maximum Gasteiger partial charge on any atom is 0.500 e. The SMILES string of the molecule is CCO[Si](CCCc1c(O)cc(Cc2ccccc2)c(Cc2ccccc2)c1O)(OCC)OCC. The maximum atomic E-state index is 11.4. The van der Waals surface area contributed by atoms with E-state index in [2.05, 4.69) is 24.3 Å². The Hall–Kier alpha value is -2.64. The summed E-state index contributed by atoms with van der Waals surface area (Å²) in [4.78, 5) is 0. The van der Waals surface area contributed by atoms with E-state index in [1.807, 2.05) is 63.2 Å². The highest BCUT2D eigenvalue weighted by atomic mass is 28.4. The summed E-state index contributed by atoms with van der Waals surface area (Å²) >= 11 is 0. The van der Waals surface area contributed by atoms with E-state index >= 15 is 0 Å². The van der Waals surface area contributed by atoms with Crippen molar-refractivity contribution in [2.24, 2.45) is 0 Å². The van der Waals surface area contributed by atoms with E-state index in [9.17, 15) is 10.2 Å². The van der Waals surface area contributed by atoms with Crippen LogP contribution >= 0.6 is 0 Å². The van der Waals surface area contributed by atoms with Crippen molar-refractivity contribution in [3.8, 4) is 11.5 Å². The van der Waals surface area contributed by atoms with E-state index in [1.165, 1.54) is 0 Å². The van der Waals surface area contributed by atoms with E-state index in [4.69, 9.17) is 13.3 Å². The lowest BCUT2D eigenvalue weighted by Crippen LogP contribution is -2.46. The second kappa shape index (κ2) is 13.4. The Morgan fingerprint density at radius 3 is 1.71 bits per heavy atom. The zero-order valence-corrected chi connectivity index (χ0v) is 22.1. The molecule has 0 aliphatic rings. The molecular weight excluding hydrogens is 456 g/mol. The molecule has 0 atom stereocenters. The van der Waals surface area contributed by atoms with Gasteiger partial charge in [-0.1, -0.05) is 60.7 Å². The first kappa shape index (κ1) is 27.0. The summed E-state index contributed by atoms with van der Waals surface area (Å²) in [5, 5.41) is 22.3. The first-order chi connectivity index (χ1) is 17.0. The van der Waals surface area contributed by atoms with Crippen molar-refractivity contribution in [2.45, 2.75) is 52.5 Å². The molecule has 35 heavy (non-hydrogen) atoms. The van der Waals surface area contributed by atoms with Gasteiger partial charge in [-0.15, -0.1) is 0 Å². The van der Waals surface area contributed by atoms with Gasteiger partial charge in [0.1, 0.15) is 11.5 Å². The summed E-state index contributed by atoms with van der Waals surface area (Å²) in [6, 6.07) is 22.7. The number of hydrogen-bond acceptors (Lipinski definition) is 5. The number of hydrogen-bond donors (Lipinski definition) is 2. The molecule has 0 aromatic heterocycles. The van der Waals surface area contributed by atoms with Crippen LogP contribution in [0.15, 0.2) is 66.7 Å². The number of aromatic hydroxyl groups is 2. The van der Waals surface area contributed by atoms with Crippen LogP contribution in [0.3, 0.4) is 0 Å². The van der Waals surface area contributed by atoms with Crippen LogP contribution in [0.2, 0.25) is 6.04 Å². The number of phenols is 2. The molecule has 0 bridgehead atoms. The monoisotopic (exact) mass is 494 g/mol. The van der Waals surface area contributed by atoms with Gasteiger partial charge in [-0.3, -0.25) is 0 Å². The van der Waals surface area contributed by atoms with Crippen molar-refractivity contribution in [3.63, 3.8) is 0 Å². The van der Waals surface area contributed by atoms with Gasteiger partial charge in [0.15, 0.2) is 0 Å². The first-order valence-electron chi connectivity index (χ1n) is 12.6. The van der Waals surface area contributed by atoms with Crippen molar-refractivity contribution < 1.29 is 23.5 Å². The van der Waals surface area contributed by atoms with Gasteiger partial charge in [0.05, 0.1) is 0 Å². The average molecular weight is 495 g/mol. The summed E-state index contributed by atoms with van der Waals surface area (Å²) in [5.74, 6) is 0.304. The molecule has 0 aliphatic carbocycles. The third-order valence-corrected chi connectivity index (χ3v) is 9.19. The molecule has 6 heteroatoms. The molecule has 0 saturated heterocycles. The fourth-order valence-electron chi connectivity index (χ4n) is 4.49. The molecule has 3 rings (SSSR count). The van der Waals surface area contributed by atoms with Gasteiger partial charge in [-0.05, 0) is 62.8 Å². The second-order valence-electron chi connectivity index (χ2n) is 8.52. The molecule has 0 aliphatic heterocycles. The van der Waals surface area contributed by atoms with E-state index in [0.29, 0.717) is 57.1 Å². The Kier molecular flexibility index (Phi) is 10.4. The van der Waals surface area contributed by atoms with Crippen LogP contribution in [0.4, 0.5) is 0 Å². The third kappa shape index (κ3) is 7.42. The fraction of sp³-hybridized carbons (Fsp3) is 0.379. The molecule has 0 heterocycles. The van der Waals surface area contributed by atoms with Gasteiger partial charge >= 0.3 is 8.80 Å². The Morgan fingerprint density at radius 2 is 1.20 bits per heavy atom. The maximum absolute atomic E-state index is 11.4. The summed E-state index contributed by atoms with van der Waals surface area (Å²) in [6.45, 7) is 7.41. The lowest BCUT2D eigenvalue weighted by molar-refractivity contribution is 0.0708.